The van der Waals surface area contributed by atoms with Crippen LogP contribution in [0.2, 0.25) is 0 Å². The van der Waals surface area contributed by atoms with Gasteiger partial charge in [0.1, 0.15) is 5.75 Å². The second kappa shape index (κ2) is 6.35. The van der Waals surface area contributed by atoms with Gasteiger partial charge in [-0.25, -0.2) is 0 Å². The summed E-state index contributed by atoms with van der Waals surface area (Å²) in [4.78, 5) is 0. The van der Waals surface area contributed by atoms with Gasteiger partial charge in [-0.2, -0.15) is 0 Å². The van der Waals surface area contributed by atoms with Crippen molar-refractivity contribution in [2.24, 2.45) is 5.92 Å². The Balaban J connectivity index is 2.89. The lowest BCUT2D eigenvalue weighted by atomic mass is 10.2. The maximum absolute atomic E-state index is 8.96. The second-order valence-corrected chi connectivity index (χ2v) is 4.07. The number of hydrogen-bond acceptors (Lipinski definition) is 4. The van der Waals surface area contributed by atoms with Crippen molar-refractivity contribution in [2.75, 3.05) is 27.4 Å². The lowest BCUT2D eigenvalue weighted by Gasteiger charge is -2.16. The zero-order chi connectivity index (χ0) is 12.8. The van der Waals surface area contributed by atoms with E-state index in [0.717, 1.165) is 11.3 Å². The summed E-state index contributed by atoms with van der Waals surface area (Å²) >= 11 is 0. The Morgan fingerprint density at radius 2 is 1.94 bits per heavy atom. The molecule has 4 heteroatoms. The van der Waals surface area contributed by atoms with Gasteiger partial charge < -0.3 is 19.3 Å². The predicted octanol–water partition coefficient (Wildman–Crippen LogP) is 2.02. The summed E-state index contributed by atoms with van der Waals surface area (Å²) in [5.74, 6) is 2.18. The summed E-state index contributed by atoms with van der Waals surface area (Å²) in [7, 11) is 3.21. The lowest BCUT2D eigenvalue weighted by Crippen LogP contribution is -2.13. The summed E-state index contributed by atoms with van der Waals surface area (Å²) in [5.41, 5.74) is 0.950. The molecule has 1 aromatic rings. The fraction of sp³-hybridized carbons (Fsp3) is 0.538. The molecule has 0 heterocycles. The number of hydrogen-bond donors (Lipinski definition) is 1. The Labute approximate surface area is 102 Å². The molecule has 0 aliphatic carbocycles. The van der Waals surface area contributed by atoms with E-state index >= 15 is 0 Å². The molecule has 0 aliphatic heterocycles. The SMILES string of the molecule is COc1cc(C)c(OCC(C)CO)c(OC)c1. The number of benzene rings is 1. The monoisotopic (exact) mass is 240 g/mol. The highest BCUT2D eigenvalue weighted by atomic mass is 16.5. The standard InChI is InChI=1S/C13H20O4/c1-9(7-14)8-17-13-10(2)5-11(15-3)6-12(13)16-4/h5-6,9,14H,7-8H2,1-4H3. The molecular weight excluding hydrogens is 220 g/mol. The molecule has 1 unspecified atom stereocenters. The van der Waals surface area contributed by atoms with Gasteiger partial charge in [-0.3, -0.25) is 0 Å². The molecule has 0 bridgehead atoms. The molecule has 1 aromatic carbocycles. The first-order chi connectivity index (χ1) is 8.12. The van der Waals surface area contributed by atoms with Crippen molar-refractivity contribution in [3.05, 3.63) is 17.7 Å². The van der Waals surface area contributed by atoms with E-state index in [-0.39, 0.29) is 12.5 Å². The third-order valence-corrected chi connectivity index (χ3v) is 2.49. The largest absolute Gasteiger partial charge is 0.497 e. The zero-order valence-electron chi connectivity index (χ0n) is 10.8. The second-order valence-electron chi connectivity index (χ2n) is 4.07. The van der Waals surface area contributed by atoms with Crippen LogP contribution in [0.1, 0.15) is 12.5 Å². The van der Waals surface area contributed by atoms with Crippen LogP contribution in [-0.4, -0.2) is 32.5 Å². The van der Waals surface area contributed by atoms with Crippen molar-refractivity contribution in [1.29, 1.82) is 0 Å². The smallest absolute Gasteiger partial charge is 0.164 e. The number of rotatable bonds is 6. The van der Waals surface area contributed by atoms with Crippen molar-refractivity contribution in [3.63, 3.8) is 0 Å². The summed E-state index contributed by atoms with van der Waals surface area (Å²) in [6, 6.07) is 3.67. The molecule has 0 aliphatic rings. The average Bonchev–Trinajstić information content (AvgIpc) is 2.35. The molecule has 0 amide bonds. The first kappa shape index (κ1) is 13.6. The average molecular weight is 240 g/mol. The van der Waals surface area contributed by atoms with Gasteiger partial charge in [0.05, 0.1) is 20.8 Å². The number of aliphatic hydroxyl groups is 1. The molecule has 0 radical (unpaired) electrons. The Bertz CT molecular complexity index is 363. The molecule has 1 N–H and O–H groups in total. The Morgan fingerprint density at radius 3 is 2.47 bits per heavy atom. The quantitative estimate of drug-likeness (QED) is 0.826. The molecule has 1 rings (SSSR count). The highest BCUT2D eigenvalue weighted by Gasteiger charge is 2.12. The molecule has 17 heavy (non-hydrogen) atoms. The highest BCUT2D eigenvalue weighted by Crippen LogP contribution is 2.35. The third-order valence-electron chi connectivity index (χ3n) is 2.49. The molecule has 1 atom stereocenters. The van der Waals surface area contributed by atoms with Crippen LogP contribution < -0.4 is 14.2 Å². The van der Waals surface area contributed by atoms with Crippen molar-refractivity contribution in [2.45, 2.75) is 13.8 Å². The summed E-state index contributed by atoms with van der Waals surface area (Å²) < 4.78 is 16.1. The molecule has 0 saturated heterocycles. The van der Waals surface area contributed by atoms with Crippen molar-refractivity contribution < 1.29 is 19.3 Å². The van der Waals surface area contributed by atoms with Gasteiger partial charge in [0.15, 0.2) is 11.5 Å². The van der Waals surface area contributed by atoms with Crippen LogP contribution >= 0.6 is 0 Å². The highest BCUT2D eigenvalue weighted by molar-refractivity contribution is 5.51. The third kappa shape index (κ3) is 3.53. The van der Waals surface area contributed by atoms with E-state index in [1.165, 1.54) is 0 Å². The maximum atomic E-state index is 8.96. The summed E-state index contributed by atoms with van der Waals surface area (Å²) in [6.45, 7) is 4.42. The van der Waals surface area contributed by atoms with Gasteiger partial charge in [-0.1, -0.05) is 6.92 Å². The van der Waals surface area contributed by atoms with Gasteiger partial charge >= 0.3 is 0 Å². The van der Waals surface area contributed by atoms with Gasteiger partial charge in [-0.15, -0.1) is 0 Å². The van der Waals surface area contributed by atoms with Gasteiger partial charge in [0.2, 0.25) is 0 Å². The van der Waals surface area contributed by atoms with Crippen LogP contribution in [-0.2, 0) is 0 Å². The minimum absolute atomic E-state index is 0.0983. The number of methoxy groups -OCH3 is 2. The Morgan fingerprint density at radius 1 is 1.24 bits per heavy atom. The van der Waals surface area contributed by atoms with Crippen LogP contribution in [0.15, 0.2) is 12.1 Å². The molecule has 0 saturated carbocycles. The number of ether oxygens (including phenoxy) is 3. The first-order valence-corrected chi connectivity index (χ1v) is 5.58. The summed E-state index contributed by atoms with van der Waals surface area (Å²) in [6.07, 6.45) is 0. The lowest BCUT2D eigenvalue weighted by molar-refractivity contribution is 0.170. The van der Waals surface area contributed by atoms with E-state index in [9.17, 15) is 0 Å². The minimum Gasteiger partial charge on any atom is -0.497 e. The number of aliphatic hydroxyl groups excluding tert-OH is 1. The topological polar surface area (TPSA) is 47.9 Å². The van der Waals surface area contributed by atoms with Gasteiger partial charge in [0.25, 0.3) is 0 Å². The normalized spacial score (nSPS) is 12.1. The van der Waals surface area contributed by atoms with Crippen LogP contribution in [0.5, 0.6) is 17.2 Å². The van der Waals surface area contributed by atoms with E-state index in [1.807, 2.05) is 19.9 Å². The Hall–Kier alpha value is -1.42. The van der Waals surface area contributed by atoms with Crippen LogP contribution in [0.4, 0.5) is 0 Å². The van der Waals surface area contributed by atoms with Crippen molar-refractivity contribution in [3.8, 4) is 17.2 Å². The molecule has 0 aromatic heterocycles. The predicted molar refractivity (Wildman–Crippen MR) is 66.0 cm³/mol. The molecule has 4 nitrogen and oxygen atoms in total. The zero-order valence-corrected chi connectivity index (χ0v) is 10.8. The fourth-order valence-electron chi connectivity index (χ4n) is 1.44. The van der Waals surface area contributed by atoms with Gasteiger partial charge in [0, 0.05) is 18.6 Å². The fourth-order valence-corrected chi connectivity index (χ4v) is 1.44. The maximum Gasteiger partial charge on any atom is 0.164 e. The molecular formula is C13H20O4. The van der Waals surface area contributed by atoms with Crippen LogP contribution in [0.25, 0.3) is 0 Å². The number of aryl methyl sites for hydroxylation is 1. The van der Waals surface area contributed by atoms with Crippen LogP contribution in [0.3, 0.4) is 0 Å². The van der Waals surface area contributed by atoms with Crippen molar-refractivity contribution >= 4 is 0 Å². The molecule has 96 valence electrons. The first-order valence-electron chi connectivity index (χ1n) is 5.58. The van der Waals surface area contributed by atoms with Crippen molar-refractivity contribution in [1.82, 2.24) is 0 Å². The van der Waals surface area contributed by atoms with E-state index in [1.54, 1.807) is 20.3 Å². The minimum atomic E-state index is 0.0983. The molecule has 0 fully saturated rings. The van der Waals surface area contributed by atoms with E-state index in [4.69, 9.17) is 19.3 Å². The van der Waals surface area contributed by atoms with E-state index < -0.39 is 0 Å². The van der Waals surface area contributed by atoms with E-state index in [0.29, 0.717) is 18.1 Å². The van der Waals surface area contributed by atoms with E-state index in [2.05, 4.69) is 0 Å². The summed E-state index contributed by atoms with van der Waals surface area (Å²) in [5, 5.41) is 8.96. The van der Waals surface area contributed by atoms with Gasteiger partial charge in [-0.05, 0) is 18.6 Å². The molecule has 0 spiro atoms. The Kier molecular flexibility index (Phi) is 5.10. The van der Waals surface area contributed by atoms with Crippen LogP contribution in [0, 0.1) is 12.8 Å².